The second-order valence-electron chi connectivity index (χ2n) is 7.20. The number of nitrogens with zero attached hydrogens (tertiary/aromatic N) is 3. The quantitative estimate of drug-likeness (QED) is 0.917. The van der Waals surface area contributed by atoms with E-state index in [1.807, 2.05) is 40.1 Å². The predicted octanol–water partition coefficient (Wildman–Crippen LogP) is 2.26. The van der Waals surface area contributed by atoms with Crippen LogP contribution < -0.4 is 5.32 Å². The molecule has 2 aliphatic rings. The first-order valence-electron chi connectivity index (χ1n) is 9.35. The van der Waals surface area contributed by atoms with Crippen molar-refractivity contribution in [2.45, 2.75) is 31.7 Å². The summed E-state index contributed by atoms with van der Waals surface area (Å²) in [5.41, 5.74) is 1.66. The monoisotopic (exact) mass is 352 g/mol. The topological polar surface area (TPSA) is 65.5 Å². The van der Waals surface area contributed by atoms with Crippen LogP contribution in [-0.2, 0) is 9.59 Å². The normalized spacial score (nSPS) is 19.2. The number of fused-ring (bicyclic) bond motifs is 1. The van der Waals surface area contributed by atoms with Gasteiger partial charge < -0.3 is 10.2 Å². The standard InChI is InChI=1S/C20H24N4O2/c25-19(22-16-7-8-18-15(12-16)4-3-9-21-18)13-23-10-11-24(20(26)14-23)17-5-1-2-6-17/h3-4,7-9,12,17H,1-2,5-6,10-11,13-14H2,(H,22,25). The van der Waals surface area contributed by atoms with Crippen molar-refractivity contribution in [1.82, 2.24) is 14.8 Å². The highest BCUT2D eigenvalue weighted by Crippen LogP contribution is 2.24. The number of pyridine rings is 1. The summed E-state index contributed by atoms with van der Waals surface area (Å²) in [7, 11) is 0. The van der Waals surface area contributed by atoms with Crippen LogP contribution in [-0.4, -0.2) is 58.8 Å². The van der Waals surface area contributed by atoms with E-state index < -0.39 is 0 Å². The first-order valence-corrected chi connectivity index (χ1v) is 9.35. The molecule has 136 valence electrons. The third-order valence-electron chi connectivity index (χ3n) is 5.36. The fraction of sp³-hybridized carbons (Fsp3) is 0.450. The van der Waals surface area contributed by atoms with Crippen LogP contribution in [0.15, 0.2) is 36.5 Å². The van der Waals surface area contributed by atoms with Gasteiger partial charge in [0.15, 0.2) is 0 Å². The lowest BCUT2D eigenvalue weighted by atomic mass is 10.1. The SMILES string of the molecule is O=C(CN1CCN(C2CCCC2)C(=O)C1)Nc1ccc2ncccc2c1. The number of hydrogen-bond acceptors (Lipinski definition) is 4. The number of hydrogen-bond donors (Lipinski definition) is 1. The first kappa shape index (κ1) is 17.0. The molecule has 1 aliphatic heterocycles. The lowest BCUT2D eigenvalue weighted by molar-refractivity contribution is -0.139. The van der Waals surface area contributed by atoms with Crippen molar-refractivity contribution in [2.75, 3.05) is 31.5 Å². The fourth-order valence-electron chi connectivity index (χ4n) is 4.03. The Morgan fingerprint density at radius 2 is 2.04 bits per heavy atom. The molecule has 6 nitrogen and oxygen atoms in total. The van der Waals surface area contributed by atoms with Gasteiger partial charge in [-0.15, -0.1) is 0 Å². The third-order valence-corrected chi connectivity index (χ3v) is 5.36. The maximum absolute atomic E-state index is 12.4. The third kappa shape index (κ3) is 3.70. The van der Waals surface area contributed by atoms with Crippen LogP contribution in [0.3, 0.4) is 0 Å². The average molecular weight is 352 g/mol. The number of anilines is 1. The zero-order valence-corrected chi connectivity index (χ0v) is 14.9. The molecule has 1 aromatic heterocycles. The number of carbonyl (C=O) groups is 2. The molecule has 0 bridgehead atoms. The van der Waals surface area contributed by atoms with Gasteiger partial charge in [-0.2, -0.15) is 0 Å². The molecule has 1 saturated carbocycles. The zero-order chi connectivity index (χ0) is 17.9. The lowest BCUT2D eigenvalue weighted by Crippen LogP contribution is -2.54. The van der Waals surface area contributed by atoms with Crippen LogP contribution in [0, 0.1) is 0 Å². The van der Waals surface area contributed by atoms with E-state index in [1.165, 1.54) is 12.8 Å². The summed E-state index contributed by atoms with van der Waals surface area (Å²) < 4.78 is 0. The molecule has 2 heterocycles. The van der Waals surface area contributed by atoms with Crippen molar-refractivity contribution in [1.29, 1.82) is 0 Å². The fourth-order valence-corrected chi connectivity index (χ4v) is 4.03. The predicted molar refractivity (Wildman–Crippen MR) is 101 cm³/mol. The van der Waals surface area contributed by atoms with Gasteiger partial charge >= 0.3 is 0 Å². The smallest absolute Gasteiger partial charge is 0.238 e. The summed E-state index contributed by atoms with van der Waals surface area (Å²) >= 11 is 0. The van der Waals surface area contributed by atoms with E-state index in [0.29, 0.717) is 12.6 Å². The molecule has 1 N–H and O–H groups in total. The van der Waals surface area contributed by atoms with E-state index >= 15 is 0 Å². The van der Waals surface area contributed by atoms with Gasteiger partial charge in [-0.1, -0.05) is 18.9 Å². The molecule has 0 radical (unpaired) electrons. The van der Waals surface area contributed by atoms with Crippen molar-refractivity contribution in [2.24, 2.45) is 0 Å². The highest BCUT2D eigenvalue weighted by atomic mass is 16.2. The summed E-state index contributed by atoms with van der Waals surface area (Å²) in [4.78, 5) is 33.0. The maximum Gasteiger partial charge on any atom is 0.238 e. The van der Waals surface area contributed by atoms with E-state index in [0.717, 1.165) is 42.5 Å². The van der Waals surface area contributed by atoms with Gasteiger partial charge in [-0.25, -0.2) is 0 Å². The van der Waals surface area contributed by atoms with Crippen molar-refractivity contribution < 1.29 is 9.59 Å². The van der Waals surface area contributed by atoms with Gasteiger partial charge in [0, 0.05) is 36.4 Å². The molecule has 1 saturated heterocycles. The molecule has 2 aromatic rings. The van der Waals surface area contributed by atoms with Gasteiger partial charge in [0.2, 0.25) is 11.8 Å². The van der Waals surface area contributed by atoms with Crippen LogP contribution in [0.2, 0.25) is 0 Å². The molecule has 26 heavy (non-hydrogen) atoms. The number of benzene rings is 1. The van der Waals surface area contributed by atoms with Crippen molar-refractivity contribution in [3.63, 3.8) is 0 Å². The minimum absolute atomic E-state index is 0.0876. The van der Waals surface area contributed by atoms with Gasteiger partial charge in [-0.3, -0.25) is 19.5 Å². The minimum atomic E-state index is -0.0876. The Labute approximate surface area is 153 Å². The minimum Gasteiger partial charge on any atom is -0.337 e. The molecule has 2 fully saturated rings. The van der Waals surface area contributed by atoms with Crippen LogP contribution in [0.5, 0.6) is 0 Å². The highest BCUT2D eigenvalue weighted by molar-refractivity contribution is 5.95. The van der Waals surface area contributed by atoms with Gasteiger partial charge in [0.1, 0.15) is 0 Å². The lowest BCUT2D eigenvalue weighted by Gasteiger charge is -2.37. The number of nitrogens with one attached hydrogen (secondary N) is 1. The van der Waals surface area contributed by atoms with Crippen molar-refractivity contribution in [3.8, 4) is 0 Å². The zero-order valence-electron chi connectivity index (χ0n) is 14.9. The van der Waals surface area contributed by atoms with Crippen LogP contribution in [0.1, 0.15) is 25.7 Å². The second kappa shape index (κ2) is 7.41. The number of carbonyl (C=O) groups excluding carboxylic acids is 2. The summed E-state index contributed by atoms with van der Waals surface area (Å²) in [6.07, 6.45) is 6.46. The van der Waals surface area contributed by atoms with E-state index in [-0.39, 0.29) is 18.4 Å². The summed E-state index contributed by atoms with van der Waals surface area (Å²) in [5, 5.41) is 3.92. The van der Waals surface area contributed by atoms with Crippen LogP contribution in [0.25, 0.3) is 10.9 Å². The maximum atomic E-state index is 12.4. The van der Waals surface area contributed by atoms with E-state index in [4.69, 9.17) is 0 Å². The molecule has 1 aromatic carbocycles. The number of rotatable bonds is 4. The molecular formula is C20H24N4O2. The van der Waals surface area contributed by atoms with Crippen LogP contribution >= 0.6 is 0 Å². The highest BCUT2D eigenvalue weighted by Gasteiger charge is 2.31. The Morgan fingerprint density at radius 3 is 2.85 bits per heavy atom. The largest absolute Gasteiger partial charge is 0.337 e. The van der Waals surface area contributed by atoms with Crippen LogP contribution in [0.4, 0.5) is 5.69 Å². The van der Waals surface area contributed by atoms with Crippen molar-refractivity contribution >= 4 is 28.4 Å². The average Bonchev–Trinajstić information content (AvgIpc) is 3.16. The molecule has 0 spiro atoms. The summed E-state index contributed by atoms with van der Waals surface area (Å²) in [6.45, 7) is 2.08. The molecule has 0 atom stereocenters. The Balaban J connectivity index is 1.32. The van der Waals surface area contributed by atoms with Gasteiger partial charge in [-0.05, 0) is 37.1 Å². The first-order chi connectivity index (χ1) is 12.7. The van der Waals surface area contributed by atoms with E-state index in [1.54, 1.807) is 6.20 Å². The molecule has 4 rings (SSSR count). The Kier molecular flexibility index (Phi) is 4.84. The summed E-state index contributed by atoms with van der Waals surface area (Å²) in [5.74, 6) is 0.0723. The van der Waals surface area contributed by atoms with Gasteiger partial charge in [0.05, 0.1) is 18.6 Å². The number of piperazine rings is 1. The Hall–Kier alpha value is -2.47. The number of aromatic nitrogens is 1. The molecule has 0 unspecified atom stereocenters. The molecule has 1 aliphatic carbocycles. The molecule has 6 heteroatoms. The van der Waals surface area contributed by atoms with Crippen molar-refractivity contribution in [3.05, 3.63) is 36.5 Å². The second-order valence-corrected chi connectivity index (χ2v) is 7.20. The molecular weight excluding hydrogens is 328 g/mol. The van der Waals surface area contributed by atoms with E-state index in [9.17, 15) is 9.59 Å². The Bertz CT molecular complexity index is 816. The number of amides is 2. The van der Waals surface area contributed by atoms with Gasteiger partial charge in [0.25, 0.3) is 0 Å². The van der Waals surface area contributed by atoms with E-state index in [2.05, 4.69) is 10.3 Å². The molecule has 2 amide bonds. The summed E-state index contributed by atoms with van der Waals surface area (Å²) in [6, 6.07) is 9.95. The Morgan fingerprint density at radius 1 is 1.19 bits per heavy atom.